The van der Waals surface area contributed by atoms with Crippen LogP contribution in [-0.2, 0) is 0 Å². The highest BCUT2D eigenvalue weighted by molar-refractivity contribution is 5.39. The number of rotatable bonds is 4. The number of hydrogen-bond donors (Lipinski definition) is 2. The number of methoxy groups -OCH3 is 1. The number of hydrazine groups is 1. The van der Waals surface area contributed by atoms with E-state index in [2.05, 4.69) is 24.5 Å². The number of ether oxygens (including phenoxy) is 1. The zero-order valence-corrected chi connectivity index (χ0v) is 11.1. The SMILES string of the molecule is COc1ccc(C)cc1C(NN)C1CC2CC2C1. The standard InChI is InChI=1S/C15H22N2O/c1-9-3-4-14(18-2)13(5-9)15(17-16)12-7-10-6-11(10)8-12/h3-5,10-12,15,17H,6-8,16H2,1-2H3. The van der Waals surface area contributed by atoms with Gasteiger partial charge >= 0.3 is 0 Å². The highest BCUT2D eigenvalue weighted by atomic mass is 16.5. The third kappa shape index (κ3) is 2.02. The highest BCUT2D eigenvalue weighted by Crippen LogP contribution is 2.57. The van der Waals surface area contributed by atoms with Gasteiger partial charge in [-0.05, 0) is 50.0 Å². The Bertz CT molecular complexity index is 436. The van der Waals surface area contributed by atoms with E-state index in [1.165, 1.54) is 30.4 Å². The first-order valence-corrected chi connectivity index (χ1v) is 6.83. The molecule has 1 aromatic carbocycles. The Morgan fingerprint density at radius 1 is 1.28 bits per heavy atom. The summed E-state index contributed by atoms with van der Waals surface area (Å²) in [5, 5.41) is 0. The van der Waals surface area contributed by atoms with Gasteiger partial charge in [-0.15, -0.1) is 0 Å². The number of fused-ring (bicyclic) bond motifs is 1. The second-order valence-corrected chi connectivity index (χ2v) is 5.88. The van der Waals surface area contributed by atoms with Gasteiger partial charge in [0, 0.05) is 5.56 Å². The molecule has 3 heteroatoms. The maximum absolute atomic E-state index is 5.81. The van der Waals surface area contributed by atoms with Crippen molar-refractivity contribution in [3.05, 3.63) is 29.3 Å². The van der Waals surface area contributed by atoms with Crippen molar-refractivity contribution in [2.75, 3.05) is 7.11 Å². The number of aryl methyl sites for hydroxylation is 1. The fraction of sp³-hybridized carbons (Fsp3) is 0.600. The van der Waals surface area contributed by atoms with Gasteiger partial charge < -0.3 is 4.74 Å². The highest BCUT2D eigenvalue weighted by Gasteiger charge is 2.48. The Kier molecular flexibility index (Phi) is 3.04. The van der Waals surface area contributed by atoms with Gasteiger partial charge in [0.1, 0.15) is 5.75 Å². The summed E-state index contributed by atoms with van der Waals surface area (Å²) in [7, 11) is 1.73. The van der Waals surface area contributed by atoms with E-state index in [0.29, 0.717) is 5.92 Å². The summed E-state index contributed by atoms with van der Waals surface area (Å²) in [6.07, 6.45) is 4.08. The van der Waals surface area contributed by atoms with Gasteiger partial charge in [-0.3, -0.25) is 11.3 Å². The maximum Gasteiger partial charge on any atom is 0.123 e. The number of nitrogens with one attached hydrogen (secondary N) is 1. The lowest BCUT2D eigenvalue weighted by Crippen LogP contribution is -2.33. The Morgan fingerprint density at radius 3 is 2.61 bits per heavy atom. The minimum absolute atomic E-state index is 0.229. The van der Waals surface area contributed by atoms with Crippen LogP contribution in [0, 0.1) is 24.7 Å². The zero-order chi connectivity index (χ0) is 12.7. The van der Waals surface area contributed by atoms with Crippen molar-refractivity contribution in [1.29, 1.82) is 0 Å². The van der Waals surface area contributed by atoms with Crippen LogP contribution in [0.2, 0.25) is 0 Å². The van der Waals surface area contributed by atoms with Gasteiger partial charge in [0.05, 0.1) is 13.2 Å². The largest absolute Gasteiger partial charge is 0.496 e. The van der Waals surface area contributed by atoms with Gasteiger partial charge in [-0.1, -0.05) is 17.7 Å². The zero-order valence-electron chi connectivity index (χ0n) is 11.1. The molecule has 0 bridgehead atoms. The van der Waals surface area contributed by atoms with Gasteiger partial charge in [-0.2, -0.15) is 0 Å². The fourth-order valence-electron chi connectivity index (χ4n) is 3.61. The topological polar surface area (TPSA) is 47.3 Å². The molecule has 2 saturated carbocycles. The molecule has 0 amide bonds. The first-order valence-electron chi connectivity index (χ1n) is 6.83. The average molecular weight is 246 g/mol. The predicted molar refractivity (Wildman–Crippen MR) is 72.1 cm³/mol. The Morgan fingerprint density at radius 2 is 2.00 bits per heavy atom. The average Bonchev–Trinajstić information content (AvgIpc) is 2.98. The van der Waals surface area contributed by atoms with Crippen LogP contribution in [-0.4, -0.2) is 7.11 Å². The summed E-state index contributed by atoms with van der Waals surface area (Å²) in [6, 6.07) is 6.56. The van der Waals surface area contributed by atoms with Crippen molar-refractivity contribution in [3.63, 3.8) is 0 Å². The molecule has 0 radical (unpaired) electrons. The summed E-state index contributed by atoms with van der Waals surface area (Å²) in [6.45, 7) is 2.11. The van der Waals surface area contributed by atoms with Crippen molar-refractivity contribution in [2.45, 2.75) is 32.2 Å². The van der Waals surface area contributed by atoms with E-state index in [0.717, 1.165) is 17.6 Å². The van der Waals surface area contributed by atoms with Crippen molar-refractivity contribution in [3.8, 4) is 5.75 Å². The molecule has 3 nitrogen and oxygen atoms in total. The third-order valence-corrected chi connectivity index (χ3v) is 4.65. The van der Waals surface area contributed by atoms with E-state index < -0.39 is 0 Å². The van der Waals surface area contributed by atoms with Crippen molar-refractivity contribution >= 4 is 0 Å². The molecule has 0 saturated heterocycles. The molecule has 3 N–H and O–H groups in total. The molecule has 2 aliphatic carbocycles. The van der Waals surface area contributed by atoms with E-state index >= 15 is 0 Å². The summed E-state index contributed by atoms with van der Waals surface area (Å²) < 4.78 is 5.49. The Labute approximate surface area is 109 Å². The van der Waals surface area contributed by atoms with Crippen LogP contribution in [0.15, 0.2) is 18.2 Å². The lowest BCUT2D eigenvalue weighted by atomic mass is 9.88. The Hall–Kier alpha value is -1.06. The lowest BCUT2D eigenvalue weighted by molar-refractivity contribution is 0.329. The number of benzene rings is 1. The molecule has 0 aliphatic heterocycles. The minimum Gasteiger partial charge on any atom is -0.496 e. The molecule has 0 aromatic heterocycles. The lowest BCUT2D eigenvalue weighted by Gasteiger charge is -2.26. The molecule has 1 aromatic rings. The van der Waals surface area contributed by atoms with Gasteiger partial charge in [0.2, 0.25) is 0 Å². The quantitative estimate of drug-likeness (QED) is 0.634. The molecular formula is C15H22N2O. The molecule has 98 valence electrons. The van der Waals surface area contributed by atoms with Crippen LogP contribution in [0.1, 0.15) is 36.4 Å². The van der Waals surface area contributed by atoms with Crippen LogP contribution < -0.4 is 16.0 Å². The smallest absolute Gasteiger partial charge is 0.123 e. The molecule has 2 aliphatic rings. The van der Waals surface area contributed by atoms with E-state index in [1.807, 2.05) is 6.07 Å². The molecule has 18 heavy (non-hydrogen) atoms. The van der Waals surface area contributed by atoms with Crippen LogP contribution >= 0.6 is 0 Å². The molecule has 0 heterocycles. The molecule has 3 unspecified atom stereocenters. The van der Waals surface area contributed by atoms with E-state index in [4.69, 9.17) is 10.6 Å². The summed E-state index contributed by atoms with van der Waals surface area (Å²) in [5.41, 5.74) is 5.50. The minimum atomic E-state index is 0.229. The van der Waals surface area contributed by atoms with Crippen molar-refractivity contribution < 1.29 is 4.74 Å². The van der Waals surface area contributed by atoms with Crippen molar-refractivity contribution in [2.24, 2.45) is 23.6 Å². The Balaban J connectivity index is 1.88. The molecule has 3 rings (SSSR count). The number of nitrogens with two attached hydrogens (primary N) is 1. The second kappa shape index (κ2) is 4.56. The summed E-state index contributed by atoms with van der Waals surface area (Å²) in [5.74, 6) is 9.37. The van der Waals surface area contributed by atoms with E-state index in [-0.39, 0.29) is 6.04 Å². The first kappa shape index (κ1) is 12.0. The monoisotopic (exact) mass is 246 g/mol. The van der Waals surface area contributed by atoms with Crippen LogP contribution in [0.3, 0.4) is 0 Å². The molecule has 0 spiro atoms. The fourth-order valence-corrected chi connectivity index (χ4v) is 3.61. The van der Waals surface area contributed by atoms with E-state index in [1.54, 1.807) is 7.11 Å². The van der Waals surface area contributed by atoms with Gasteiger partial charge in [0.25, 0.3) is 0 Å². The molecule has 2 fully saturated rings. The maximum atomic E-state index is 5.81. The first-order chi connectivity index (χ1) is 8.72. The van der Waals surface area contributed by atoms with Crippen LogP contribution in [0.4, 0.5) is 0 Å². The second-order valence-electron chi connectivity index (χ2n) is 5.88. The van der Waals surface area contributed by atoms with Crippen LogP contribution in [0.25, 0.3) is 0 Å². The summed E-state index contributed by atoms with van der Waals surface area (Å²) in [4.78, 5) is 0. The number of hydrogen-bond acceptors (Lipinski definition) is 3. The predicted octanol–water partition coefficient (Wildman–Crippen LogP) is 2.55. The summed E-state index contributed by atoms with van der Waals surface area (Å²) >= 11 is 0. The third-order valence-electron chi connectivity index (χ3n) is 4.65. The van der Waals surface area contributed by atoms with Crippen molar-refractivity contribution in [1.82, 2.24) is 5.43 Å². The van der Waals surface area contributed by atoms with Crippen LogP contribution in [0.5, 0.6) is 5.75 Å². The van der Waals surface area contributed by atoms with E-state index in [9.17, 15) is 0 Å². The van der Waals surface area contributed by atoms with Gasteiger partial charge in [-0.25, -0.2) is 0 Å². The molecular weight excluding hydrogens is 224 g/mol. The van der Waals surface area contributed by atoms with Gasteiger partial charge in [0.15, 0.2) is 0 Å². The molecule has 3 atom stereocenters. The normalized spacial score (nSPS) is 30.9.